The Morgan fingerprint density at radius 3 is 2.95 bits per heavy atom. The maximum absolute atomic E-state index is 12.4. The summed E-state index contributed by atoms with van der Waals surface area (Å²) in [6.45, 7) is 2.79. The highest BCUT2D eigenvalue weighted by Crippen LogP contribution is 2.32. The standard InChI is InChI=1S/C16H25N3O/c1-16(17)9-4-3-8-14(16)15(20)19-13-7-5-6-12(10-13)11-18-2/h5-7,10,14,18H,3-4,8-9,11,17H2,1-2H3,(H,19,20). The van der Waals surface area contributed by atoms with Crippen LogP contribution >= 0.6 is 0 Å². The second-order valence-corrected chi connectivity index (χ2v) is 6.02. The number of benzene rings is 1. The number of hydrogen-bond donors (Lipinski definition) is 3. The van der Waals surface area contributed by atoms with Gasteiger partial charge in [-0.3, -0.25) is 4.79 Å². The van der Waals surface area contributed by atoms with Crippen molar-refractivity contribution in [3.05, 3.63) is 29.8 Å². The molecule has 2 atom stereocenters. The highest BCUT2D eigenvalue weighted by atomic mass is 16.1. The lowest BCUT2D eigenvalue weighted by Gasteiger charge is -2.37. The molecule has 0 heterocycles. The summed E-state index contributed by atoms with van der Waals surface area (Å²) < 4.78 is 0. The molecule has 2 unspecified atom stereocenters. The number of carbonyl (C=O) groups is 1. The van der Waals surface area contributed by atoms with E-state index in [1.807, 2.05) is 38.2 Å². The zero-order valence-corrected chi connectivity index (χ0v) is 12.4. The van der Waals surface area contributed by atoms with Crippen molar-refractivity contribution < 1.29 is 4.79 Å². The molecule has 1 amide bonds. The Balaban J connectivity index is 2.05. The number of nitrogens with two attached hydrogens (primary N) is 1. The third kappa shape index (κ3) is 3.58. The maximum Gasteiger partial charge on any atom is 0.229 e. The topological polar surface area (TPSA) is 67.1 Å². The summed E-state index contributed by atoms with van der Waals surface area (Å²) >= 11 is 0. The first kappa shape index (κ1) is 15.0. The van der Waals surface area contributed by atoms with Gasteiger partial charge in [-0.15, -0.1) is 0 Å². The fraction of sp³-hybridized carbons (Fsp3) is 0.562. The highest BCUT2D eigenvalue weighted by molar-refractivity contribution is 5.93. The lowest BCUT2D eigenvalue weighted by atomic mass is 9.74. The van der Waals surface area contributed by atoms with E-state index in [4.69, 9.17) is 5.73 Å². The summed E-state index contributed by atoms with van der Waals surface area (Å²) in [6.07, 6.45) is 4.01. The van der Waals surface area contributed by atoms with E-state index in [9.17, 15) is 4.79 Å². The van der Waals surface area contributed by atoms with E-state index in [0.29, 0.717) is 0 Å². The van der Waals surface area contributed by atoms with Crippen LogP contribution in [0.1, 0.15) is 38.2 Å². The average molecular weight is 275 g/mol. The van der Waals surface area contributed by atoms with Gasteiger partial charge in [0, 0.05) is 17.8 Å². The molecule has 1 fully saturated rings. The molecule has 2 rings (SSSR count). The normalized spacial score (nSPS) is 26.2. The third-order valence-corrected chi connectivity index (χ3v) is 4.15. The summed E-state index contributed by atoms with van der Waals surface area (Å²) in [5.41, 5.74) is 7.91. The average Bonchev–Trinajstić information content (AvgIpc) is 2.38. The van der Waals surface area contributed by atoms with Gasteiger partial charge in [0.05, 0.1) is 5.92 Å². The fourth-order valence-corrected chi connectivity index (χ4v) is 2.98. The molecule has 1 aliphatic carbocycles. The van der Waals surface area contributed by atoms with Gasteiger partial charge >= 0.3 is 0 Å². The van der Waals surface area contributed by atoms with Gasteiger partial charge in [0.2, 0.25) is 5.91 Å². The minimum atomic E-state index is -0.384. The van der Waals surface area contributed by atoms with E-state index >= 15 is 0 Å². The van der Waals surface area contributed by atoms with E-state index in [1.165, 1.54) is 0 Å². The van der Waals surface area contributed by atoms with E-state index in [1.54, 1.807) is 0 Å². The molecule has 0 bridgehead atoms. The summed E-state index contributed by atoms with van der Waals surface area (Å²) in [6, 6.07) is 7.93. The number of amides is 1. The number of rotatable bonds is 4. The predicted molar refractivity (Wildman–Crippen MR) is 82.4 cm³/mol. The van der Waals surface area contributed by atoms with Crippen LogP contribution in [0.4, 0.5) is 5.69 Å². The van der Waals surface area contributed by atoms with Crippen molar-refractivity contribution in [2.45, 2.75) is 44.7 Å². The Kier molecular flexibility index (Phi) is 4.78. The Morgan fingerprint density at radius 2 is 2.25 bits per heavy atom. The van der Waals surface area contributed by atoms with E-state index in [2.05, 4.69) is 10.6 Å². The van der Waals surface area contributed by atoms with Crippen LogP contribution in [0.15, 0.2) is 24.3 Å². The molecular formula is C16H25N3O. The fourth-order valence-electron chi connectivity index (χ4n) is 2.98. The van der Waals surface area contributed by atoms with Gasteiger partial charge in [-0.1, -0.05) is 25.0 Å². The minimum Gasteiger partial charge on any atom is -0.326 e. The van der Waals surface area contributed by atoms with Gasteiger partial charge in [0.25, 0.3) is 0 Å². The van der Waals surface area contributed by atoms with Gasteiger partial charge < -0.3 is 16.4 Å². The third-order valence-electron chi connectivity index (χ3n) is 4.15. The van der Waals surface area contributed by atoms with Crippen LogP contribution in [-0.2, 0) is 11.3 Å². The molecule has 1 saturated carbocycles. The number of anilines is 1. The number of nitrogens with one attached hydrogen (secondary N) is 2. The molecule has 1 aliphatic rings. The van der Waals surface area contributed by atoms with Crippen molar-refractivity contribution in [2.75, 3.05) is 12.4 Å². The molecule has 0 saturated heterocycles. The SMILES string of the molecule is CNCc1cccc(NC(=O)C2CCCCC2(C)N)c1. The second kappa shape index (κ2) is 6.37. The molecule has 0 spiro atoms. The van der Waals surface area contributed by atoms with Crippen molar-refractivity contribution in [2.24, 2.45) is 11.7 Å². The predicted octanol–water partition coefficient (Wildman–Crippen LogP) is 2.25. The molecule has 4 N–H and O–H groups in total. The molecule has 20 heavy (non-hydrogen) atoms. The summed E-state index contributed by atoms with van der Waals surface area (Å²) in [5.74, 6) is -0.0412. The van der Waals surface area contributed by atoms with Crippen LogP contribution in [-0.4, -0.2) is 18.5 Å². The molecule has 1 aromatic carbocycles. The van der Waals surface area contributed by atoms with Crippen molar-refractivity contribution in [3.63, 3.8) is 0 Å². The maximum atomic E-state index is 12.4. The zero-order valence-electron chi connectivity index (χ0n) is 12.4. The molecule has 0 aromatic heterocycles. The molecule has 0 aliphatic heterocycles. The van der Waals surface area contributed by atoms with Crippen LogP contribution in [0.2, 0.25) is 0 Å². The molecular weight excluding hydrogens is 250 g/mol. The van der Waals surface area contributed by atoms with Crippen LogP contribution in [0.5, 0.6) is 0 Å². The van der Waals surface area contributed by atoms with E-state index in [0.717, 1.165) is 43.5 Å². The van der Waals surface area contributed by atoms with Crippen LogP contribution in [0.25, 0.3) is 0 Å². The van der Waals surface area contributed by atoms with Crippen LogP contribution in [0, 0.1) is 5.92 Å². The van der Waals surface area contributed by atoms with Crippen LogP contribution in [0.3, 0.4) is 0 Å². The van der Waals surface area contributed by atoms with Gasteiger partial charge in [0.1, 0.15) is 0 Å². The molecule has 4 nitrogen and oxygen atoms in total. The Bertz CT molecular complexity index is 471. The van der Waals surface area contributed by atoms with E-state index < -0.39 is 0 Å². The van der Waals surface area contributed by atoms with Gasteiger partial charge in [0.15, 0.2) is 0 Å². The zero-order chi connectivity index (χ0) is 14.6. The van der Waals surface area contributed by atoms with E-state index in [-0.39, 0.29) is 17.4 Å². The van der Waals surface area contributed by atoms with Gasteiger partial charge in [-0.25, -0.2) is 0 Å². The minimum absolute atomic E-state index is 0.0521. The summed E-state index contributed by atoms with van der Waals surface area (Å²) in [7, 11) is 1.91. The molecule has 4 heteroatoms. The quantitative estimate of drug-likeness (QED) is 0.789. The Morgan fingerprint density at radius 1 is 1.45 bits per heavy atom. The van der Waals surface area contributed by atoms with Crippen molar-refractivity contribution >= 4 is 11.6 Å². The molecule has 1 aromatic rings. The second-order valence-electron chi connectivity index (χ2n) is 6.02. The Labute approximate surface area is 121 Å². The van der Waals surface area contributed by atoms with Crippen molar-refractivity contribution in [3.8, 4) is 0 Å². The van der Waals surface area contributed by atoms with Gasteiger partial charge in [-0.2, -0.15) is 0 Å². The smallest absolute Gasteiger partial charge is 0.229 e. The Hall–Kier alpha value is -1.39. The first-order valence-corrected chi connectivity index (χ1v) is 7.36. The lowest BCUT2D eigenvalue weighted by Crippen LogP contribution is -2.51. The first-order chi connectivity index (χ1) is 9.53. The number of hydrogen-bond acceptors (Lipinski definition) is 3. The van der Waals surface area contributed by atoms with Gasteiger partial charge in [-0.05, 0) is 44.5 Å². The largest absolute Gasteiger partial charge is 0.326 e. The highest BCUT2D eigenvalue weighted by Gasteiger charge is 2.37. The van der Waals surface area contributed by atoms with Crippen LogP contribution < -0.4 is 16.4 Å². The molecule has 110 valence electrons. The van der Waals surface area contributed by atoms with Crippen molar-refractivity contribution in [1.29, 1.82) is 0 Å². The number of carbonyl (C=O) groups excluding carboxylic acids is 1. The van der Waals surface area contributed by atoms with Crippen molar-refractivity contribution in [1.82, 2.24) is 5.32 Å². The lowest BCUT2D eigenvalue weighted by molar-refractivity contribution is -0.122. The first-order valence-electron chi connectivity index (χ1n) is 7.36. The monoisotopic (exact) mass is 275 g/mol. The summed E-state index contributed by atoms with van der Waals surface area (Å²) in [5, 5.41) is 6.13. The summed E-state index contributed by atoms with van der Waals surface area (Å²) in [4.78, 5) is 12.4. The molecule has 0 radical (unpaired) electrons.